The zero-order valence-electron chi connectivity index (χ0n) is 12.1. The second kappa shape index (κ2) is 4.45. The van der Waals surface area contributed by atoms with Crippen molar-refractivity contribution in [2.45, 2.75) is 13.8 Å². The Kier molecular flexibility index (Phi) is 2.58. The topological polar surface area (TPSA) is 26.0 Å². The highest BCUT2D eigenvalue weighted by Crippen LogP contribution is 2.30. The molecule has 0 unspecified atom stereocenters. The fourth-order valence-corrected chi connectivity index (χ4v) is 2.80. The van der Waals surface area contributed by atoms with Gasteiger partial charge in [0.25, 0.3) is 0 Å². The summed E-state index contributed by atoms with van der Waals surface area (Å²) >= 11 is 0. The highest BCUT2D eigenvalue weighted by Gasteiger charge is 2.10. The number of hydrogen-bond acceptors (Lipinski definition) is 2. The molecule has 0 N–H and O–H groups in total. The first-order valence-corrected chi connectivity index (χ1v) is 7.08. The number of nitrogens with zero attached hydrogens (tertiary/aromatic N) is 1. The minimum absolute atomic E-state index is 0.824. The number of aryl methyl sites for hydroxylation is 2. The fraction of sp³-hybridized carbons (Fsp3) is 0.105. The van der Waals surface area contributed by atoms with Crippen molar-refractivity contribution in [3.05, 3.63) is 65.7 Å². The molecule has 21 heavy (non-hydrogen) atoms. The van der Waals surface area contributed by atoms with E-state index in [9.17, 15) is 0 Å². The number of para-hydroxylation sites is 2. The van der Waals surface area contributed by atoms with Crippen LogP contribution in [0.4, 0.5) is 0 Å². The molecule has 102 valence electrons. The largest absolute Gasteiger partial charge is 0.454 e. The van der Waals surface area contributed by atoms with Crippen molar-refractivity contribution in [1.82, 2.24) is 4.98 Å². The van der Waals surface area contributed by atoms with Gasteiger partial charge in [0.15, 0.2) is 5.76 Å². The van der Waals surface area contributed by atoms with E-state index >= 15 is 0 Å². The van der Waals surface area contributed by atoms with Crippen molar-refractivity contribution in [3.8, 4) is 11.5 Å². The molecule has 2 nitrogen and oxygen atoms in total. The van der Waals surface area contributed by atoms with Crippen LogP contribution in [0.25, 0.3) is 33.3 Å². The lowest BCUT2D eigenvalue weighted by Crippen LogP contribution is -1.90. The minimum Gasteiger partial charge on any atom is -0.454 e. The van der Waals surface area contributed by atoms with E-state index in [4.69, 9.17) is 9.40 Å². The molecule has 0 amide bonds. The zero-order valence-corrected chi connectivity index (χ0v) is 12.1. The molecule has 0 bridgehead atoms. The smallest absolute Gasteiger partial charge is 0.153 e. The fourth-order valence-electron chi connectivity index (χ4n) is 2.80. The summed E-state index contributed by atoms with van der Waals surface area (Å²) in [5.41, 5.74) is 5.25. The van der Waals surface area contributed by atoms with Crippen LogP contribution in [0.2, 0.25) is 0 Å². The number of rotatable bonds is 1. The van der Waals surface area contributed by atoms with Crippen LogP contribution in [0.3, 0.4) is 0 Å². The molecule has 0 fully saturated rings. The predicted molar refractivity (Wildman–Crippen MR) is 86.4 cm³/mol. The lowest BCUT2D eigenvalue weighted by molar-refractivity contribution is 0.629. The summed E-state index contributed by atoms with van der Waals surface area (Å²) in [5.74, 6) is 0.824. The Labute approximate surface area is 123 Å². The summed E-state index contributed by atoms with van der Waals surface area (Å²) in [7, 11) is 0. The van der Waals surface area contributed by atoms with E-state index in [-0.39, 0.29) is 0 Å². The van der Waals surface area contributed by atoms with Gasteiger partial charge in [-0.25, -0.2) is 4.98 Å². The molecule has 2 heteroatoms. The summed E-state index contributed by atoms with van der Waals surface area (Å²) in [6.07, 6.45) is 0. The van der Waals surface area contributed by atoms with Crippen LogP contribution in [0, 0.1) is 13.8 Å². The van der Waals surface area contributed by atoms with Gasteiger partial charge in [0.2, 0.25) is 0 Å². The van der Waals surface area contributed by atoms with Gasteiger partial charge in [0.1, 0.15) is 11.3 Å². The highest BCUT2D eigenvalue weighted by molar-refractivity contribution is 5.88. The molecular weight excluding hydrogens is 258 g/mol. The molecule has 0 saturated heterocycles. The molecule has 0 radical (unpaired) electrons. The zero-order chi connectivity index (χ0) is 14.4. The number of hydrogen-bond donors (Lipinski definition) is 0. The number of aromatic nitrogens is 1. The van der Waals surface area contributed by atoms with Gasteiger partial charge in [0.05, 0.1) is 5.52 Å². The molecule has 0 saturated carbocycles. The number of fused-ring (bicyclic) bond motifs is 2. The Balaban J connectivity index is 1.99. The van der Waals surface area contributed by atoms with Gasteiger partial charge in [-0.3, -0.25) is 0 Å². The molecule has 2 aromatic carbocycles. The quantitative estimate of drug-likeness (QED) is 0.472. The lowest BCUT2D eigenvalue weighted by Gasteiger charge is -2.06. The molecule has 0 atom stereocenters. The second-order valence-corrected chi connectivity index (χ2v) is 5.44. The van der Waals surface area contributed by atoms with Crippen LogP contribution in [0.1, 0.15) is 11.1 Å². The molecule has 2 heterocycles. The van der Waals surface area contributed by atoms with Crippen molar-refractivity contribution < 1.29 is 4.42 Å². The molecule has 2 aromatic heterocycles. The van der Waals surface area contributed by atoms with Gasteiger partial charge in [-0.15, -0.1) is 0 Å². The van der Waals surface area contributed by atoms with Crippen LogP contribution in [-0.4, -0.2) is 4.98 Å². The van der Waals surface area contributed by atoms with E-state index in [1.165, 1.54) is 16.5 Å². The van der Waals surface area contributed by atoms with Crippen LogP contribution < -0.4 is 0 Å². The molecular formula is C19H15NO. The first kappa shape index (κ1) is 12.2. The Morgan fingerprint density at radius 2 is 1.71 bits per heavy atom. The van der Waals surface area contributed by atoms with E-state index in [2.05, 4.69) is 50.2 Å². The van der Waals surface area contributed by atoms with Gasteiger partial charge < -0.3 is 4.42 Å². The van der Waals surface area contributed by atoms with Crippen molar-refractivity contribution >= 4 is 21.9 Å². The summed E-state index contributed by atoms with van der Waals surface area (Å²) in [6.45, 7) is 4.22. The van der Waals surface area contributed by atoms with E-state index in [1.807, 2.05) is 18.2 Å². The third kappa shape index (κ3) is 1.91. The molecule has 0 spiro atoms. The number of benzene rings is 2. The van der Waals surface area contributed by atoms with Crippen LogP contribution in [0.15, 0.2) is 59.0 Å². The Morgan fingerprint density at radius 1 is 0.857 bits per heavy atom. The van der Waals surface area contributed by atoms with Crippen molar-refractivity contribution in [1.29, 1.82) is 0 Å². The first-order chi connectivity index (χ1) is 10.2. The Bertz CT molecular complexity index is 933. The maximum absolute atomic E-state index is 5.94. The third-order valence-corrected chi connectivity index (χ3v) is 3.93. The molecule has 4 aromatic rings. The van der Waals surface area contributed by atoms with E-state index in [0.29, 0.717) is 0 Å². The average molecular weight is 273 g/mol. The molecule has 0 aliphatic rings. The summed E-state index contributed by atoms with van der Waals surface area (Å²) in [4.78, 5) is 4.81. The first-order valence-electron chi connectivity index (χ1n) is 7.08. The summed E-state index contributed by atoms with van der Waals surface area (Å²) in [6, 6.07) is 18.5. The van der Waals surface area contributed by atoms with Crippen LogP contribution in [-0.2, 0) is 0 Å². The van der Waals surface area contributed by atoms with Gasteiger partial charge >= 0.3 is 0 Å². The van der Waals surface area contributed by atoms with Crippen LogP contribution >= 0.6 is 0 Å². The van der Waals surface area contributed by atoms with Gasteiger partial charge in [-0.1, -0.05) is 36.4 Å². The SMILES string of the molecule is Cc1cc(-c2cc3ccccc3o2)nc2c(C)cccc12. The lowest BCUT2D eigenvalue weighted by atomic mass is 10.0. The normalized spacial score (nSPS) is 11.3. The maximum Gasteiger partial charge on any atom is 0.153 e. The molecule has 0 aliphatic heterocycles. The van der Waals surface area contributed by atoms with Crippen molar-refractivity contribution in [3.63, 3.8) is 0 Å². The standard InChI is InChI=1S/C19H15NO/c1-12-6-5-8-15-13(2)10-16(20-19(12)15)18-11-14-7-3-4-9-17(14)21-18/h3-11H,1-2H3. The monoisotopic (exact) mass is 273 g/mol. The minimum atomic E-state index is 0.824. The number of furan rings is 1. The average Bonchev–Trinajstić information content (AvgIpc) is 2.92. The van der Waals surface area contributed by atoms with Crippen LogP contribution in [0.5, 0.6) is 0 Å². The Hall–Kier alpha value is -2.61. The highest BCUT2D eigenvalue weighted by atomic mass is 16.3. The number of pyridine rings is 1. The van der Waals surface area contributed by atoms with Gasteiger partial charge in [-0.2, -0.15) is 0 Å². The summed E-state index contributed by atoms with van der Waals surface area (Å²) < 4.78 is 5.94. The third-order valence-electron chi connectivity index (χ3n) is 3.93. The van der Waals surface area contributed by atoms with E-state index in [1.54, 1.807) is 0 Å². The second-order valence-electron chi connectivity index (χ2n) is 5.44. The van der Waals surface area contributed by atoms with Gasteiger partial charge in [0, 0.05) is 10.8 Å². The van der Waals surface area contributed by atoms with Gasteiger partial charge in [-0.05, 0) is 43.2 Å². The maximum atomic E-state index is 5.94. The predicted octanol–water partition coefficient (Wildman–Crippen LogP) is 5.26. The summed E-state index contributed by atoms with van der Waals surface area (Å²) in [5, 5.41) is 2.31. The Morgan fingerprint density at radius 3 is 2.57 bits per heavy atom. The van der Waals surface area contributed by atoms with E-state index in [0.717, 1.165) is 27.9 Å². The van der Waals surface area contributed by atoms with Crippen molar-refractivity contribution in [2.75, 3.05) is 0 Å². The molecule has 4 rings (SSSR count). The van der Waals surface area contributed by atoms with E-state index < -0.39 is 0 Å². The molecule has 0 aliphatic carbocycles. The van der Waals surface area contributed by atoms with Crippen molar-refractivity contribution in [2.24, 2.45) is 0 Å².